The maximum atomic E-state index is 4.11. The fourth-order valence-electron chi connectivity index (χ4n) is 2.49. The van der Waals surface area contributed by atoms with Gasteiger partial charge in [-0.05, 0) is 35.4 Å². The number of rotatable bonds is 5. The number of hydrogen-bond donors (Lipinski definition) is 0. The van der Waals surface area contributed by atoms with Crippen LogP contribution < -0.4 is 0 Å². The van der Waals surface area contributed by atoms with Crippen LogP contribution in [0.2, 0.25) is 0 Å². The summed E-state index contributed by atoms with van der Waals surface area (Å²) in [5.41, 5.74) is 4.09. The van der Waals surface area contributed by atoms with E-state index in [-0.39, 0.29) is 0 Å². The van der Waals surface area contributed by atoms with Crippen molar-refractivity contribution in [2.45, 2.75) is 0 Å². The van der Waals surface area contributed by atoms with E-state index in [1.54, 1.807) is 37.5 Å². The average Bonchev–Trinajstić information content (AvgIpc) is 3.40. The Kier molecular flexibility index (Phi) is 4.47. The molecule has 126 valence electrons. The molecule has 0 saturated heterocycles. The Labute approximate surface area is 150 Å². The molecule has 6 heteroatoms. The molecule has 2 aromatic heterocycles. The summed E-state index contributed by atoms with van der Waals surface area (Å²) in [6.07, 6.45) is 14.3. The fourth-order valence-corrected chi connectivity index (χ4v) is 2.49. The van der Waals surface area contributed by atoms with Gasteiger partial charge in [-0.15, -0.1) is 0 Å². The lowest BCUT2D eigenvalue weighted by Crippen LogP contribution is -1.90. The van der Waals surface area contributed by atoms with Crippen LogP contribution in [0.5, 0.6) is 0 Å². The second-order valence-corrected chi connectivity index (χ2v) is 5.61. The van der Waals surface area contributed by atoms with Crippen LogP contribution in [0.4, 0.5) is 0 Å². The van der Waals surface area contributed by atoms with E-state index in [0.717, 1.165) is 22.5 Å². The first kappa shape index (κ1) is 15.7. The van der Waals surface area contributed by atoms with E-state index < -0.39 is 0 Å². The number of nitrogens with zero attached hydrogens (tertiary/aromatic N) is 6. The minimum Gasteiger partial charge on any atom is -0.306 e. The highest BCUT2D eigenvalue weighted by atomic mass is 15.2. The lowest BCUT2D eigenvalue weighted by atomic mass is 10.2. The van der Waals surface area contributed by atoms with Crippen molar-refractivity contribution in [3.63, 3.8) is 0 Å². The lowest BCUT2D eigenvalue weighted by molar-refractivity contribution is 1.06. The van der Waals surface area contributed by atoms with Crippen LogP contribution in [0.25, 0.3) is 11.4 Å². The van der Waals surface area contributed by atoms with Gasteiger partial charge in [0.1, 0.15) is 0 Å². The fraction of sp³-hybridized carbons (Fsp3) is 0. The summed E-state index contributed by atoms with van der Waals surface area (Å²) in [6, 6.07) is 16.0. The van der Waals surface area contributed by atoms with Crippen molar-refractivity contribution in [3.05, 3.63) is 97.1 Å². The van der Waals surface area contributed by atoms with Crippen molar-refractivity contribution in [2.24, 2.45) is 10.2 Å². The topological polar surface area (TPSA) is 60.4 Å². The highest BCUT2D eigenvalue weighted by Gasteiger charge is 1.96. The maximum absolute atomic E-state index is 4.11. The zero-order valence-corrected chi connectivity index (χ0v) is 13.9. The molecule has 0 atom stereocenters. The van der Waals surface area contributed by atoms with Gasteiger partial charge in [-0.2, -0.15) is 10.2 Å². The molecule has 0 aliphatic heterocycles. The first-order chi connectivity index (χ1) is 12.9. The van der Waals surface area contributed by atoms with Crippen LogP contribution >= 0.6 is 0 Å². The third-order valence-electron chi connectivity index (χ3n) is 3.87. The largest absolute Gasteiger partial charge is 0.306 e. The zero-order valence-electron chi connectivity index (χ0n) is 13.9. The van der Waals surface area contributed by atoms with E-state index in [4.69, 9.17) is 0 Å². The third kappa shape index (κ3) is 3.64. The predicted octanol–water partition coefficient (Wildman–Crippen LogP) is 3.51. The molecule has 0 aliphatic rings. The van der Waals surface area contributed by atoms with Gasteiger partial charge < -0.3 is 9.13 Å². The molecule has 4 rings (SSSR count). The number of aromatic nitrogens is 4. The van der Waals surface area contributed by atoms with Crippen molar-refractivity contribution < 1.29 is 0 Å². The van der Waals surface area contributed by atoms with E-state index >= 15 is 0 Å². The van der Waals surface area contributed by atoms with Gasteiger partial charge in [-0.25, -0.2) is 9.97 Å². The molecule has 0 radical (unpaired) electrons. The molecule has 0 aliphatic carbocycles. The molecule has 0 bridgehead atoms. The predicted molar refractivity (Wildman–Crippen MR) is 102 cm³/mol. The summed E-state index contributed by atoms with van der Waals surface area (Å²) in [5.74, 6) is 0. The van der Waals surface area contributed by atoms with E-state index in [0.29, 0.717) is 0 Å². The molecular weight excluding hydrogens is 324 g/mol. The Balaban J connectivity index is 1.38. The van der Waals surface area contributed by atoms with Crippen LogP contribution in [0.3, 0.4) is 0 Å². The van der Waals surface area contributed by atoms with Gasteiger partial charge in [0, 0.05) is 36.2 Å². The van der Waals surface area contributed by atoms with Gasteiger partial charge in [0.05, 0.1) is 25.1 Å². The van der Waals surface area contributed by atoms with Crippen molar-refractivity contribution in [1.29, 1.82) is 0 Å². The molecule has 6 nitrogen and oxygen atoms in total. The van der Waals surface area contributed by atoms with Gasteiger partial charge in [-0.1, -0.05) is 24.3 Å². The quantitative estimate of drug-likeness (QED) is 0.412. The highest BCUT2D eigenvalue weighted by Crippen LogP contribution is 2.09. The molecule has 0 N–H and O–H groups in total. The molecule has 0 unspecified atom stereocenters. The van der Waals surface area contributed by atoms with Crippen molar-refractivity contribution >= 4 is 12.4 Å². The smallest absolute Gasteiger partial charge is 0.0991 e. The molecule has 4 aromatic rings. The summed E-state index contributed by atoms with van der Waals surface area (Å²) in [7, 11) is 0. The summed E-state index contributed by atoms with van der Waals surface area (Å²) in [4.78, 5) is 8.09. The molecular formula is C20H16N6. The van der Waals surface area contributed by atoms with E-state index in [9.17, 15) is 0 Å². The van der Waals surface area contributed by atoms with Gasteiger partial charge in [0.25, 0.3) is 0 Å². The minimum absolute atomic E-state index is 0.987. The summed E-state index contributed by atoms with van der Waals surface area (Å²) in [5, 5.41) is 8.22. The molecule has 0 spiro atoms. The van der Waals surface area contributed by atoms with Crippen LogP contribution in [0, 0.1) is 0 Å². The Hall–Kier alpha value is -3.80. The van der Waals surface area contributed by atoms with Crippen LogP contribution in [-0.2, 0) is 0 Å². The first-order valence-electron chi connectivity index (χ1n) is 8.12. The lowest BCUT2D eigenvalue weighted by Gasteiger charge is -2.01. The molecule has 26 heavy (non-hydrogen) atoms. The second-order valence-electron chi connectivity index (χ2n) is 5.61. The maximum Gasteiger partial charge on any atom is 0.0991 e. The number of benzene rings is 2. The van der Waals surface area contributed by atoms with E-state index in [1.165, 1.54) is 0 Å². The van der Waals surface area contributed by atoms with Crippen molar-refractivity contribution in [3.8, 4) is 11.4 Å². The Morgan fingerprint density at radius 2 is 1.04 bits per heavy atom. The second kappa shape index (κ2) is 7.40. The molecule has 0 saturated carbocycles. The molecule has 2 aromatic carbocycles. The minimum atomic E-state index is 0.987. The molecule has 2 heterocycles. The Bertz CT molecular complexity index is 910. The highest BCUT2D eigenvalue weighted by molar-refractivity contribution is 5.83. The Morgan fingerprint density at radius 1 is 0.615 bits per heavy atom. The van der Waals surface area contributed by atoms with Crippen LogP contribution in [0.15, 0.2) is 96.2 Å². The summed E-state index contributed by atoms with van der Waals surface area (Å²) in [6.45, 7) is 0. The van der Waals surface area contributed by atoms with Gasteiger partial charge in [-0.3, -0.25) is 0 Å². The van der Waals surface area contributed by atoms with Crippen LogP contribution in [0.1, 0.15) is 11.1 Å². The van der Waals surface area contributed by atoms with E-state index in [1.807, 2.05) is 70.1 Å². The SMILES string of the molecule is C(=N\N=C\c1ccc(-n2ccnc2)cc1)/c1ccc(-n2ccnc2)cc1. The average molecular weight is 340 g/mol. The zero-order chi connectivity index (χ0) is 17.6. The van der Waals surface area contributed by atoms with Gasteiger partial charge in [0.2, 0.25) is 0 Å². The van der Waals surface area contributed by atoms with E-state index in [2.05, 4.69) is 20.2 Å². The summed E-state index contributed by atoms with van der Waals surface area (Å²) < 4.78 is 3.90. The number of imidazole rings is 2. The van der Waals surface area contributed by atoms with Gasteiger partial charge in [0.15, 0.2) is 0 Å². The number of hydrogen-bond acceptors (Lipinski definition) is 4. The Morgan fingerprint density at radius 3 is 1.38 bits per heavy atom. The summed E-state index contributed by atoms with van der Waals surface area (Å²) >= 11 is 0. The molecule has 0 amide bonds. The monoisotopic (exact) mass is 340 g/mol. The standard InChI is InChI=1S/C20H16N6/c1-5-19(25-11-9-21-15-25)6-2-17(1)13-23-24-14-18-3-7-20(8-4-18)26-12-10-22-16-26/h1-16H/b23-13+,24-14+. The van der Waals surface area contributed by atoms with Crippen molar-refractivity contribution in [2.75, 3.05) is 0 Å². The normalized spacial score (nSPS) is 11.5. The van der Waals surface area contributed by atoms with Crippen molar-refractivity contribution in [1.82, 2.24) is 19.1 Å². The first-order valence-corrected chi connectivity index (χ1v) is 8.12. The van der Waals surface area contributed by atoms with Gasteiger partial charge >= 0.3 is 0 Å². The molecule has 0 fully saturated rings. The van der Waals surface area contributed by atoms with Crippen LogP contribution in [-0.4, -0.2) is 31.5 Å². The third-order valence-corrected chi connectivity index (χ3v) is 3.87.